The molecular weight excluding hydrogens is 316 g/mol. The first-order valence-corrected chi connectivity index (χ1v) is 8.67. The van der Waals surface area contributed by atoms with Gasteiger partial charge in [0.25, 0.3) is 5.91 Å². The van der Waals surface area contributed by atoms with Gasteiger partial charge in [0.05, 0.1) is 0 Å². The van der Waals surface area contributed by atoms with Gasteiger partial charge in [-0.15, -0.1) is 0 Å². The Kier molecular flexibility index (Phi) is 5.56. The number of quaternary nitrogens is 1. The van der Waals surface area contributed by atoms with Gasteiger partial charge in [-0.05, 0) is 17.7 Å². The minimum Gasteiger partial charge on any atom is -0.454 e. The van der Waals surface area contributed by atoms with Crippen LogP contribution in [0.5, 0.6) is 11.5 Å². The number of carbonyl (C=O) groups excluding carboxylic acids is 1. The van der Waals surface area contributed by atoms with E-state index in [9.17, 15) is 4.79 Å². The number of nitrogens with two attached hydrogens (primary N) is 1. The molecule has 1 atom stereocenters. The van der Waals surface area contributed by atoms with E-state index in [0.29, 0.717) is 19.0 Å². The molecule has 3 N–H and O–H groups in total. The minimum absolute atomic E-state index is 0.0271. The van der Waals surface area contributed by atoms with Crippen molar-refractivity contribution in [1.29, 1.82) is 0 Å². The maximum Gasteiger partial charge on any atom is 0.275 e. The topological polar surface area (TPSA) is 64.2 Å². The predicted molar refractivity (Wildman–Crippen MR) is 95.2 cm³/mol. The van der Waals surface area contributed by atoms with E-state index in [4.69, 9.17) is 9.47 Å². The first kappa shape index (κ1) is 17.3. The maximum atomic E-state index is 12.2. The second kappa shape index (κ2) is 8.03. The van der Waals surface area contributed by atoms with Gasteiger partial charge < -0.3 is 20.1 Å². The summed E-state index contributed by atoms with van der Waals surface area (Å²) in [6.45, 7) is 5.51. The Balaban J connectivity index is 1.50. The number of hydrogen-bond donors (Lipinski definition) is 2. The number of benzene rings is 2. The van der Waals surface area contributed by atoms with Gasteiger partial charge in [0.2, 0.25) is 6.79 Å². The lowest BCUT2D eigenvalue weighted by atomic mass is 9.96. The van der Waals surface area contributed by atoms with Crippen LogP contribution in [0.3, 0.4) is 0 Å². The number of hydrogen-bond acceptors (Lipinski definition) is 3. The summed E-state index contributed by atoms with van der Waals surface area (Å²) in [5, 5.41) is 5.08. The van der Waals surface area contributed by atoms with Crippen molar-refractivity contribution >= 4 is 5.91 Å². The highest BCUT2D eigenvalue weighted by Gasteiger charge is 2.20. The maximum absolute atomic E-state index is 12.2. The molecule has 2 aromatic rings. The van der Waals surface area contributed by atoms with Crippen LogP contribution >= 0.6 is 0 Å². The first-order valence-electron chi connectivity index (χ1n) is 8.67. The molecule has 132 valence electrons. The van der Waals surface area contributed by atoms with E-state index in [-0.39, 0.29) is 18.7 Å². The zero-order valence-corrected chi connectivity index (χ0v) is 14.7. The lowest BCUT2D eigenvalue weighted by molar-refractivity contribution is -0.692. The molecule has 0 unspecified atom stereocenters. The Morgan fingerprint density at radius 1 is 1.12 bits per heavy atom. The van der Waals surface area contributed by atoms with E-state index in [0.717, 1.165) is 17.1 Å². The zero-order valence-electron chi connectivity index (χ0n) is 14.7. The summed E-state index contributed by atoms with van der Waals surface area (Å²) in [6, 6.07) is 16.3. The van der Waals surface area contributed by atoms with Crippen molar-refractivity contribution in [3.63, 3.8) is 0 Å². The largest absolute Gasteiger partial charge is 0.454 e. The van der Waals surface area contributed by atoms with Crippen LogP contribution < -0.4 is 20.1 Å². The van der Waals surface area contributed by atoms with Crippen molar-refractivity contribution in [2.75, 3.05) is 13.3 Å². The van der Waals surface area contributed by atoms with Gasteiger partial charge >= 0.3 is 0 Å². The third-order valence-electron chi connectivity index (χ3n) is 4.39. The summed E-state index contributed by atoms with van der Waals surface area (Å²) in [7, 11) is 0. The van der Waals surface area contributed by atoms with Gasteiger partial charge in [-0.2, -0.15) is 0 Å². The number of carbonyl (C=O) groups is 1. The zero-order chi connectivity index (χ0) is 17.6. The molecule has 1 heterocycles. The normalized spacial score (nSPS) is 13.7. The van der Waals surface area contributed by atoms with Crippen LogP contribution in [0.25, 0.3) is 0 Å². The van der Waals surface area contributed by atoms with E-state index >= 15 is 0 Å². The molecule has 1 amide bonds. The molecular formula is C20H25N2O3+. The highest BCUT2D eigenvalue weighted by atomic mass is 16.7. The number of amides is 1. The third-order valence-corrected chi connectivity index (χ3v) is 4.39. The van der Waals surface area contributed by atoms with Gasteiger partial charge in [0.1, 0.15) is 6.04 Å². The van der Waals surface area contributed by atoms with Crippen molar-refractivity contribution in [3.05, 3.63) is 59.7 Å². The Morgan fingerprint density at radius 2 is 1.88 bits per heavy atom. The molecule has 0 aliphatic carbocycles. The predicted octanol–water partition coefficient (Wildman–Crippen LogP) is 1.99. The molecule has 0 aromatic heterocycles. The Labute approximate surface area is 148 Å². The van der Waals surface area contributed by atoms with E-state index in [2.05, 4.69) is 36.6 Å². The summed E-state index contributed by atoms with van der Waals surface area (Å²) in [5.74, 6) is 1.97. The summed E-state index contributed by atoms with van der Waals surface area (Å²) in [5.41, 5.74) is 2.25. The molecule has 0 saturated carbocycles. The number of ether oxygens (including phenoxy) is 2. The van der Waals surface area contributed by atoms with Crippen molar-refractivity contribution in [2.24, 2.45) is 5.92 Å². The van der Waals surface area contributed by atoms with Crippen LogP contribution in [0.2, 0.25) is 0 Å². The van der Waals surface area contributed by atoms with Gasteiger partial charge in [-0.25, -0.2) is 0 Å². The standard InChI is InChI=1S/C20H24N2O3/c1-14(2)20(16-6-4-3-5-7-16)22-12-19(23)21-11-15-8-9-17-18(10-15)25-13-24-17/h3-10,14,20,22H,11-13H2,1-2H3,(H,21,23)/p+1/t20-/m1/s1. The Bertz CT molecular complexity index is 716. The molecule has 25 heavy (non-hydrogen) atoms. The van der Waals surface area contributed by atoms with E-state index in [1.54, 1.807) is 0 Å². The molecule has 5 nitrogen and oxygen atoms in total. The van der Waals surface area contributed by atoms with Crippen LogP contribution in [0.1, 0.15) is 31.0 Å². The molecule has 1 aliphatic rings. The molecule has 5 heteroatoms. The summed E-state index contributed by atoms with van der Waals surface area (Å²) >= 11 is 0. The number of nitrogens with one attached hydrogen (secondary N) is 1. The molecule has 0 radical (unpaired) electrons. The lowest BCUT2D eigenvalue weighted by Crippen LogP contribution is -2.88. The Hall–Kier alpha value is -2.53. The quantitative estimate of drug-likeness (QED) is 0.809. The number of rotatable bonds is 7. The smallest absolute Gasteiger partial charge is 0.275 e. The SMILES string of the molecule is CC(C)[C@@H]([NH2+]CC(=O)NCc1ccc2c(c1)OCO2)c1ccccc1. The van der Waals surface area contributed by atoms with Crippen LogP contribution in [0, 0.1) is 5.92 Å². The molecule has 0 saturated heterocycles. The van der Waals surface area contributed by atoms with Gasteiger partial charge in [-0.1, -0.05) is 50.2 Å². The van der Waals surface area contributed by atoms with Gasteiger partial charge in [0.15, 0.2) is 18.0 Å². The molecule has 3 rings (SSSR count). The molecule has 2 aromatic carbocycles. The highest BCUT2D eigenvalue weighted by molar-refractivity contribution is 5.76. The molecule has 0 fully saturated rings. The van der Waals surface area contributed by atoms with Crippen molar-refractivity contribution in [3.8, 4) is 11.5 Å². The summed E-state index contributed by atoms with van der Waals surface area (Å²) in [4.78, 5) is 12.2. The van der Waals surface area contributed by atoms with E-state index in [1.807, 2.05) is 36.4 Å². The fourth-order valence-corrected chi connectivity index (χ4v) is 3.03. The second-order valence-electron chi connectivity index (χ2n) is 6.58. The summed E-state index contributed by atoms with van der Waals surface area (Å²) < 4.78 is 10.7. The third kappa shape index (κ3) is 4.51. The summed E-state index contributed by atoms with van der Waals surface area (Å²) in [6.07, 6.45) is 0. The minimum atomic E-state index is 0.0271. The highest BCUT2D eigenvalue weighted by Crippen LogP contribution is 2.32. The molecule has 1 aliphatic heterocycles. The van der Waals surface area contributed by atoms with Crippen molar-refractivity contribution in [1.82, 2.24) is 5.32 Å². The van der Waals surface area contributed by atoms with Crippen molar-refractivity contribution < 1.29 is 19.6 Å². The first-order chi connectivity index (χ1) is 12.1. The molecule has 0 bridgehead atoms. The van der Waals surface area contributed by atoms with Crippen molar-refractivity contribution in [2.45, 2.75) is 26.4 Å². The fourth-order valence-electron chi connectivity index (χ4n) is 3.03. The lowest BCUT2D eigenvalue weighted by Gasteiger charge is -2.19. The van der Waals surface area contributed by atoms with E-state index in [1.165, 1.54) is 5.56 Å². The average Bonchev–Trinajstić information content (AvgIpc) is 3.08. The van der Waals surface area contributed by atoms with Crippen LogP contribution in [0.15, 0.2) is 48.5 Å². The molecule has 0 spiro atoms. The monoisotopic (exact) mass is 341 g/mol. The van der Waals surface area contributed by atoms with Crippen LogP contribution in [-0.2, 0) is 11.3 Å². The fraction of sp³-hybridized carbons (Fsp3) is 0.350. The average molecular weight is 341 g/mol. The van der Waals surface area contributed by atoms with Gasteiger partial charge in [-0.3, -0.25) is 4.79 Å². The van der Waals surface area contributed by atoms with E-state index < -0.39 is 0 Å². The number of fused-ring (bicyclic) bond motifs is 1. The second-order valence-corrected chi connectivity index (χ2v) is 6.58. The van der Waals surface area contributed by atoms with Crippen LogP contribution in [0.4, 0.5) is 0 Å². The van der Waals surface area contributed by atoms with Crippen LogP contribution in [-0.4, -0.2) is 19.2 Å². The van der Waals surface area contributed by atoms with Gasteiger partial charge in [0, 0.05) is 18.0 Å². The Morgan fingerprint density at radius 3 is 2.64 bits per heavy atom.